The van der Waals surface area contributed by atoms with Crippen molar-refractivity contribution in [1.29, 1.82) is 0 Å². The zero-order valence-electron chi connectivity index (χ0n) is 22.7. The molecule has 1 unspecified atom stereocenters. The number of hydrogen-bond acceptors (Lipinski definition) is 6. The van der Waals surface area contributed by atoms with Crippen LogP contribution in [0.3, 0.4) is 0 Å². The molecule has 1 N–H and O–H groups in total. The second-order valence-electron chi connectivity index (χ2n) is 9.65. The van der Waals surface area contributed by atoms with Crippen molar-refractivity contribution < 1.29 is 27.5 Å². The molecule has 0 radical (unpaired) electrons. The van der Waals surface area contributed by atoms with Gasteiger partial charge < -0.3 is 19.7 Å². The number of carbonyl (C=O) groups excluding carboxylic acids is 2. The third-order valence-corrected chi connectivity index (χ3v) is 8.08. The first-order chi connectivity index (χ1) is 18.1. The van der Waals surface area contributed by atoms with Crippen molar-refractivity contribution in [2.24, 2.45) is 0 Å². The van der Waals surface area contributed by atoms with E-state index in [1.165, 1.54) is 31.6 Å². The van der Waals surface area contributed by atoms with Crippen molar-refractivity contribution in [1.82, 2.24) is 10.2 Å². The Balaban J connectivity index is 1.85. The van der Waals surface area contributed by atoms with Gasteiger partial charge in [-0.05, 0) is 43.9 Å². The highest BCUT2D eigenvalue weighted by Gasteiger charge is 2.31. The van der Waals surface area contributed by atoms with E-state index in [-0.39, 0.29) is 24.2 Å². The Morgan fingerprint density at radius 2 is 1.66 bits per heavy atom. The number of sulfonamides is 1. The highest BCUT2D eigenvalue weighted by molar-refractivity contribution is 7.92. The van der Waals surface area contributed by atoms with Gasteiger partial charge in [-0.25, -0.2) is 8.42 Å². The number of carbonyl (C=O) groups is 2. The molecule has 208 valence electrons. The average molecular weight is 546 g/mol. The van der Waals surface area contributed by atoms with Crippen molar-refractivity contribution in [3.05, 3.63) is 54.1 Å². The van der Waals surface area contributed by atoms with Gasteiger partial charge in [0.2, 0.25) is 21.8 Å². The zero-order chi connectivity index (χ0) is 27.7. The maximum absolute atomic E-state index is 13.7. The monoisotopic (exact) mass is 545 g/mol. The second kappa shape index (κ2) is 13.5. The molecule has 2 aromatic carbocycles. The molecule has 1 fully saturated rings. The topological polar surface area (TPSA) is 105 Å². The van der Waals surface area contributed by atoms with Gasteiger partial charge in [0.15, 0.2) is 11.5 Å². The molecule has 0 spiro atoms. The quantitative estimate of drug-likeness (QED) is 0.439. The van der Waals surface area contributed by atoms with Gasteiger partial charge in [0.1, 0.15) is 12.6 Å². The van der Waals surface area contributed by atoms with Crippen molar-refractivity contribution in [2.45, 2.75) is 57.5 Å². The van der Waals surface area contributed by atoms with Crippen LogP contribution < -0.4 is 19.1 Å². The summed E-state index contributed by atoms with van der Waals surface area (Å²) >= 11 is 0. The number of anilines is 1. The summed E-state index contributed by atoms with van der Waals surface area (Å²) in [6.45, 7) is 1.51. The Kier molecular flexibility index (Phi) is 10.4. The predicted molar refractivity (Wildman–Crippen MR) is 148 cm³/mol. The molecule has 9 nitrogen and oxygen atoms in total. The molecule has 0 saturated heterocycles. The first kappa shape index (κ1) is 29.3. The molecule has 3 rings (SSSR count). The molecule has 1 saturated carbocycles. The molecular formula is C28H39N3O6S. The van der Waals surface area contributed by atoms with E-state index >= 15 is 0 Å². The molecule has 0 bridgehead atoms. The smallest absolute Gasteiger partial charge is 0.244 e. The summed E-state index contributed by atoms with van der Waals surface area (Å²) in [6, 6.07) is 13.7. The summed E-state index contributed by atoms with van der Waals surface area (Å²) in [5, 5.41) is 3.10. The van der Waals surface area contributed by atoms with E-state index in [4.69, 9.17) is 9.47 Å². The molecule has 0 aromatic heterocycles. The lowest BCUT2D eigenvalue weighted by molar-refractivity contribution is -0.139. The Hall–Kier alpha value is -3.27. The highest BCUT2D eigenvalue weighted by atomic mass is 32.2. The molecule has 0 heterocycles. The first-order valence-electron chi connectivity index (χ1n) is 13.0. The summed E-state index contributed by atoms with van der Waals surface area (Å²) in [5.41, 5.74) is 1.28. The third-order valence-electron chi connectivity index (χ3n) is 6.94. The van der Waals surface area contributed by atoms with E-state index in [1.807, 2.05) is 30.3 Å². The Bertz CT molecular complexity index is 1180. The van der Waals surface area contributed by atoms with E-state index < -0.39 is 28.5 Å². The number of ether oxygens (including phenoxy) is 2. The first-order valence-corrected chi connectivity index (χ1v) is 14.8. The molecule has 1 aliphatic rings. The van der Waals surface area contributed by atoms with Crippen LogP contribution in [-0.4, -0.2) is 70.8 Å². The van der Waals surface area contributed by atoms with Crippen LogP contribution in [0.2, 0.25) is 0 Å². The Morgan fingerprint density at radius 3 is 2.26 bits per heavy atom. The fraction of sp³-hybridized carbons (Fsp3) is 0.500. The van der Waals surface area contributed by atoms with E-state index in [1.54, 1.807) is 19.1 Å². The van der Waals surface area contributed by atoms with Gasteiger partial charge in [0.25, 0.3) is 0 Å². The average Bonchev–Trinajstić information content (AvgIpc) is 2.91. The minimum Gasteiger partial charge on any atom is -0.493 e. The zero-order valence-corrected chi connectivity index (χ0v) is 23.5. The molecule has 38 heavy (non-hydrogen) atoms. The van der Waals surface area contributed by atoms with Crippen molar-refractivity contribution in [3.63, 3.8) is 0 Å². The number of rotatable bonds is 12. The maximum atomic E-state index is 13.7. The lowest BCUT2D eigenvalue weighted by Gasteiger charge is -2.33. The minimum absolute atomic E-state index is 0.101. The van der Waals surface area contributed by atoms with E-state index in [9.17, 15) is 18.0 Å². The lowest BCUT2D eigenvalue weighted by atomic mass is 9.95. The number of hydrogen-bond donors (Lipinski definition) is 1. The molecular weight excluding hydrogens is 506 g/mol. The summed E-state index contributed by atoms with van der Waals surface area (Å²) in [4.78, 5) is 28.4. The molecule has 0 aliphatic heterocycles. The summed E-state index contributed by atoms with van der Waals surface area (Å²) < 4.78 is 37.2. The maximum Gasteiger partial charge on any atom is 0.244 e. The van der Waals surface area contributed by atoms with Gasteiger partial charge in [-0.3, -0.25) is 13.9 Å². The van der Waals surface area contributed by atoms with E-state index in [2.05, 4.69) is 5.32 Å². The SMILES string of the molecule is COc1ccc(N(CC(=O)N(CCc2ccccc2)C(C)C(=O)NC2CCCCC2)S(C)(=O)=O)cc1OC. The normalized spacial score (nSPS) is 14.8. The van der Waals surface area contributed by atoms with Gasteiger partial charge in [-0.1, -0.05) is 49.6 Å². The van der Waals surface area contributed by atoms with Crippen LogP contribution in [0, 0.1) is 0 Å². The van der Waals surface area contributed by atoms with Gasteiger partial charge in [-0.15, -0.1) is 0 Å². The molecule has 10 heteroatoms. The van der Waals surface area contributed by atoms with Crippen molar-refractivity contribution in [2.75, 3.05) is 37.9 Å². The fourth-order valence-corrected chi connectivity index (χ4v) is 5.57. The lowest BCUT2D eigenvalue weighted by Crippen LogP contribution is -2.53. The van der Waals surface area contributed by atoms with Crippen LogP contribution in [0.4, 0.5) is 5.69 Å². The Morgan fingerprint density at radius 1 is 1.00 bits per heavy atom. The molecule has 1 atom stereocenters. The van der Waals surface area contributed by atoms with Crippen LogP contribution in [0.15, 0.2) is 48.5 Å². The number of nitrogens with one attached hydrogen (secondary N) is 1. The molecule has 2 aromatic rings. The van der Waals surface area contributed by atoms with Crippen molar-refractivity contribution >= 4 is 27.5 Å². The van der Waals surface area contributed by atoms with E-state index in [0.717, 1.165) is 41.8 Å². The van der Waals surface area contributed by atoms with Crippen LogP contribution in [0.25, 0.3) is 0 Å². The number of methoxy groups -OCH3 is 2. The van der Waals surface area contributed by atoms with Gasteiger partial charge in [-0.2, -0.15) is 0 Å². The van der Waals surface area contributed by atoms with Crippen LogP contribution >= 0.6 is 0 Å². The van der Waals surface area contributed by atoms with E-state index in [0.29, 0.717) is 17.9 Å². The van der Waals surface area contributed by atoms with Gasteiger partial charge in [0, 0.05) is 18.7 Å². The largest absolute Gasteiger partial charge is 0.493 e. The van der Waals surface area contributed by atoms with Gasteiger partial charge >= 0.3 is 0 Å². The predicted octanol–water partition coefficient (Wildman–Crippen LogP) is 3.38. The Labute approximate surface area is 226 Å². The minimum atomic E-state index is -3.84. The summed E-state index contributed by atoms with van der Waals surface area (Å²) in [6.07, 6.45) is 6.75. The van der Waals surface area contributed by atoms with Crippen LogP contribution in [0.5, 0.6) is 11.5 Å². The third kappa shape index (κ3) is 7.86. The number of amides is 2. The molecule has 2 amide bonds. The fourth-order valence-electron chi connectivity index (χ4n) is 4.73. The summed E-state index contributed by atoms with van der Waals surface area (Å²) in [5.74, 6) is 0.0866. The number of nitrogens with zero attached hydrogens (tertiary/aromatic N) is 2. The van der Waals surface area contributed by atoms with Crippen molar-refractivity contribution in [3.8, 4) is 11.5 Å². The molecule has 1 aliphatic carbocycles. The number of benzene rings is 2. The standard InChI is InChI=1S/C28H39N3O6S/c1-21(28(33)29-23-13-9-6-10-14-23)30(18-17-22-11-7-5-8-12-22)27(32)20-31(38(4,34)35)24-15-16-25(36-2)26(19-24)37-3/h5,7-8,11-12,15-16,19,21,23H,6,9-10,13-14,17-18,20H2,1-4H3,(H,29,33). The van der Waals surface area contributed by atoms with Crippen LogP contribution in [0.1, 0.15) is 44.6 Å². The highest BCUT2D eigenvalue weighted by Crippen LogP contribution is 2.32. The summed E-state index contributed by atoms with van der Waals surface area (Å²) in [7, 11) is -0.898. The second-order valence-corrected chi connectivity index (χ2v) is 11.6. The van der Waals surface area contributed by atoms with Crippen LogP contribution in [-0.2, 0) is 26.0 Å². The van der Waals surface area contributed by atoms with Gasteiger partial charge in [0.05, 0.1) is 26.2 Å².